The van der Waals surface area contributed by atoms with Crippen LogP contribution in [-0.4, -0.2) is 35.0 Å². The van der Waals surface area contributed by atoms with Crippen LogP contribution in [0.15, 0.2) is 73.6 Å². The third-order valence-electron chi connectivity index (χ3n) is 4.59. The maximum atomic E-state index is 11.5. The summed E-state index contributed by atoms with van der Waals surface area (Å²) in [6.07, 6.45) is 2.67. The van der Waals surface area contributed by atoms with E-state index < -0.39 is 0 Å². The van der Waals surface area contributed by atoms with E-state index in [1.807, 2.05) is 20.2 Å². The first-order valence-corrected chi connectivity index (χ1v) is 9.36. The zero-order valence-corrected chi connectivity index (χ0v) is 16.7. The lowest BCUT2D eigenvalue weighted by Crippen LogP contribution is -2.07. The van der Waals surface area contributed by atoms with E-state index in [9.17, 15) is 4.79 Å². The van der Waals surface area contributed by atoms with Gasteiger partial charge < -0.3 is 19.9 Å². The first-order valence-electron chi connectivity index (χ1n) is 9.36. The summed E-state index contributed by atoms with van der Waals surface area (Å²) in [4.78, 5) is 25.5. The summed E-state index contributed by atoms with van der Waals surface area (Å²) in [5.74, 6) is 0.696. The molecule has 2 N–H and O–H groups in total. The summed E-state index contributed by atoms with van der Waals surface area (Å²) >= 11 is 0. The van der Waals surface area contributed by atoms with E-state index in [4.69, 9.17) is 4.74 Å². The smallest absolute Gasteiger partial charge is 0.247 e. The molecule has 4 rings (SSSR count). The number of hydrogen-bond donors (Lipinski definition) is 2. The van der Waals surface area contributed by atoms with E-state index in [0.29, 0.717) is 23.0 Å². The van der Waals surface area contributed by atoms with Crippen molar-refractivity contribution in [3.8, 4) is 22.9 Å². The number of aromatic amines is 1. The molecule has 150 valence electrons. The highest BCUT2D eigenvalue weighted by Gasteiger charge is 2.12. The van der Waals surface area contributed by atoms with E-state index in [1.54, 1.807) is 24.3 Å². The monoisotopic (exact) mass is 399 g/mol. The molecule has 7 nitrogen and oxygen atoms in total. The topological polar surface area (TPSA) is 83.1 Å². The molecule has 2 aromatic heterocycles. The van der Waals surface area contributed by atoms with Gasteiger partial charge in [-0.1, -0.05) is 24.8 Å². The number of rotatable bonds is 6. The van der Waals surface area contributed by atoms with E-state index in [1.165, 1.54) is 12.4 Å². The fourth-order valence-corrected chi connectivity index (χ4v) is 3.04. The Morgan fingerprint density at radius 3 is 2.67 bits per heavy atom. The molecule has 0 bridgehead atoms. The molecule has 0 spiro atoms. The van der Waals surface area contributed by atoms with E-state index in [-0.39, 0.29) is 5.91 Å². The van der Waals surface area contributed by atoms with Gasteiger partial charge in [0.05, 0.1) is 5.39 Å². The lowest BCUT2D eigenvalue weighted by Gasteiger charge is -2.12. The predicted octanol–water partition coefficient (Wildman–Crippen LogP) is 4.61. The zero-order chi connectivity index (χ0) is 21.1. The molecule has 4 aromatic rings. The van der Waals surface area contributed by atoms with Crippen LogP contribution in [0, 0.1) is 0 Å². The highest BCUT2D eigenvalue weighted by atomic mass is 16.5. The van der Waals surface area contributed by atoms with Crippen molar-refractivity contribution in [3.63, 3.8) is 0 Å². The summed E-state index contributed by atoms with van der Waals surface area (Å²) in [7, 11) is 4.02. The first-order chi connectivity index (χ1) is 14.5. The molecular formula is C23H21N5O2. The summed E-state index contributed by atoms with van der Waals surface area (Å²) in [5, 5.41) is 3.48. The average Bonchev–Trinajstić information content (AvgIpc) is 3.19. The van der Waals surface area contributed by atoms with E-state index in [2.05, 4.69) is 56.0 Å². The molecule has 0 unspecified atom stereocenters. The van der Waals surface area contributed by atoms with Crippen molar-refractivity contribution in [2.24, 2.45) is 0 Å². The van der Waals surface area contributed by atoms with Gasteiger partial charge in [-0.15, -0.1) is 0 Å². The normalized spacial score (nSPS) is 10.6. The number of nitrogens with one attached hydrogen (secondary N) is 2. The van der Waals surface area contributed by atoms with Gasteiger partial charge >= 0.3 is 0 Å². The fraction of sp³-hybridized carbons (Fsp3) is 0.0870. The number of H-pyrrole nitrogens is 1. The summed E-state index contributed by atoms with van der Waals surface area (Å²) in [6, 6.07) is 17.3. The largest absolute Gasteiger partial charge is 0.438 e. The standard InChI is InChI=1S/C23H21N5O2/c1-4-21(29)26-16-6-5-7-18(12-16)30-23-19-13-20(27-22(19)24-14-25-23)15-8-10-17(11-9-15)28(2)3/h4-14H,1H2,2-3H3,(H,26,29)(H,24,25,27). The molecule has 0 aliphatic heterocycles. The number of carbonyl (C=O) groups excluding carboxylic acids is 1. The number of aromatic nitrogens is 3. The van der Waals surface area contributed by atoms with Crippen molar-refractivity contribution in [1.82, 2.24) is 15.0 Å². The lowest BCUT2D eigenvalue weighted by atomic mass is 10.1. The maximum Gasteiger partial charge on any atom is 0.247 e. The Hall–Kier alpha value is -4.13. The number of ether oxygens (including phenoxy) is 1. The van der Waals surface area contributed by atoms with Crippen molar-refractivity contribution in [2.75, 3.05) is 24.3 Å². The third-order valence-corrected chi connectivity index (χ3v) is 4.59. The zero-order valence-electron chi connectivity index (χ0n) is 16.7. The number of fused-ring (bicyclic) bond motifs is 1. The molecule has 2 heterocycles. The second-order valence-electron chi connectivity index (χ2n) is 6.89. The summed E-state index contributed by atoms with van der Waals surface area (Å²) in [5.41, 5.74) is 4.38. The molecule has 0 fully saturated rings. The van der Waals surface area contributed by atoms with Gasteiger partial charge in [-0.2, -0.15) is 0 Å². The highest BCUT2D eigenvalue weighted by Crippen LogP contribution is 2.32. The fourth-order valence-electron chi connectivity index (χ4n) is 3.04. The van der Waals surface area contributed by atoms with Crippen molar-refractivity contribution in [2.45, 2.75) is 0 Å². The van der Waals surface area contributed by atoms with Crippen LogP contribution in [0.3, 0.4) is 0 Å². The number of anilines is 2. The van der Waals surface area contributed by atoms with Crippen LogP contribution in [-0.2, 0) is 4.79 Å². The molecule has 0 radical (unpaired) electrons. The van der Waals surface area contributed by atoms with Gasteiger partial charge in [0.2, 0.25) is 11.8 Å². The van der Waals surface area contributed by atoms with Crippen LogP contribution in [0.25, 0.3) is 22.3 Å². The quantitative estimate of drug-likeness (QED) is 0.463. The predicted molar refractivity (Wildman–Crippen MR) is 119 cm³/mol. The highest BCUT2D eigenvalue weighted by molar-refractivity contribution is 5.99. The van der Waals surface area contributed by atoms with E-state index in [0.717, 1.165) is 22.3 Å². The van der Waals surface area contributed by atoms with Crippen molar-refractivity contribution >= 4 is 28.3 Å². The average molecular weight is 399 g/mol. The Kier molecular flexibility index (Phi) is 5.17. The minimum absolute atomic E-state index is 0.285. The van der Waals surface area contributed by atoms with Crippen LogP contribution < -0.4 is 15.0 Å². The second-order valence-corrected chi connectivity index (χ2v) is 6.89. The Morgan fingerprint density at radius 2 is 1.93 bits per heavy atom. The van der Waals surface area contributed by atoms with Gasteiger partial charge in [0.15, 0.2) is 0 Å². The first kappa shape index (κ1) is 19.2. The number of nitrogens with zero attached hydrogens (tertiary/aromatic N) is 3. The van der Waals surface area contributed by atoms with Gasteiger partial charge in [-0.05, 0) is 42.0 Å². The number of hydrogen-bond acceptors (Lipinski definition) is 5. The number of carbonyl (C=O) groups is 1. The van der Waals surface area contributed by atoms with E-state index >= 15 is 0 Å². The Balaban J connectivity index is 1.64. The van der Waals surface area contributed by atoms with Crippen LogP contribution in [0.2, 0.25) is 0 Å². The molecule has 1 amide bonds. The lowest BCUT2D eigenvalue weighted by molar-refractivity contribution is -0.111. The molecule has 0 aliphatic rings. The van der Waals surface area contributed by atoms with Crippen molar-refractivity contribution in [1.29, 1.82) is 0 Å². The minimum atomic E-state index is -0.285. The molecule has 7 heteroatoms. The molecule has 2 aromatic carbocycles. The van der Waals surface area contributed by atoms with Gasteiger partial charge in [-0.3, -0.25) is 4.79 Å². The molecule has 0 saturated carbocycles. The van der Waals surface area contributed by atoms with Crippen LogP contribution in [0.5, 0.6) is 11.6 Å². The van der Waals surface area contributed by atoms with Crippen molar-refractivity contribution in [3.05, 3.63) is 73.6 Å². The Labute approximate surface area is 174 Å². The SMILES string of the molecule is C=CC(=O)Nc1cccc(Oc2ncnc3[nH]c(-c4ccc(N(C)C)cc4)cc23)c1. The summed E-state index contributed by atoms with van der Waals surface area (Å²) in [6.45, 7) is 3.46. The molecular weight excluding hydrogens is 378 g/mol. The van der Waals surface area contributed by atoms with Gasteiger partial charge in [0.25, 0.3) is 0 Å². The van der Waals surface area contributed by atoms with Crippen LogP contribution in [0.1, 0.15) is 0 Å². The Morgan fingerprint density at radius 1 is 1.13 bits per heavy atom. The molecule has 0 atom stereocenters. The second kappa shape index (κ2) is 8.08. The maximum absolute atomic E-state index is 11.5. The van der Waals surface area contributed by atoms with Crippen LogP contribution >= 0.6 is 0 Å². The number of benzene rings is 2. The number of amides is 1. The van der Waals surface area contributed by atoms with Gasteiger partial charge in [0, 0.05) is 37.2 Å². The van der Waals surface area contributed by atoms with Crippen molar-refractivity contribution < 1.29 is 9.53 Å². The van der Waals surface area contributed by atoms with Gasteiger partial charge in [0.1, 0.15) is 17.7 Å². The molecule has 30 heavy (non-hydrogen) atoms. The van der Waals surface area contributed by atoms with Crippen LogP contribution in [0.4, 0.5) is 11.4 Å². The molecule has 0 saturated heterocycles. The Bertz CT molecular complexity index is 1210. The third kappa shape index (κ3) is 4.00. The minimum Gasteiger partial charge on any atom is -0.438 e. The summed E-state index contributed by atoms with van der Waals surface area (Å²) < 4.78 is 5.99. The van der Waals surface area contributed by atoms with Gasteiger partial charge in [-0.25, -0.2) is 9.97 Å². The molecule has 0 aliphatic carbocycles.